The Labute approximate surface area is 119 Å². The van der Waals surface area contributed by atoms with Crippen LogP contribution in [0.25, 0.3) is 6.08 Å². The molecular weight excluding hydrogens is 250 g/mol. The third-order valence-corrected chi connectivity index (χ3v) is 4.07. The van der Waals surface area contributed by atoms with Gasteiger partial charge in [0.15, 0.2) is 5.70 Å². The maximum absolute atomic E-state index is 11.9. The van der Waals surface area contributed by atoms with Crippen LogP contribution in [-0.2, 0) is 9.53 Å². The van der Waals surface area contributed by atoms with E-state index in [2.05, 4.69) is 23.2 Å². The van der Waals surface area contributed by atoms with Crippen molar-refractivity contribution in [2.45, 2.75) is 39.5 Å². The molecule has 1 aliphatic heterocycles. The average molecular weight is 269 g/mol. The lowest BCUT2D eigenvalue weighted by Gasteiger charge is -2.05. The van der Waals surface area contributed by atoms with Gasteiger partial charge in [0.2, 0.25) is 5.90 Å². The van der Waals surface area contributed by atoms with E-state index in [-0.39, 0.29) is 5.97 Å². The SMILES string of the molecule is Cc1ccc(C)c(/C=C2/N=C(C3CCCC3)OC2=O)c1. The van der Waals surface area contributed by atoms with Gasteiger partial charge in [-0.2, -0.15) is 0 Å². The Balaban J connectivity index is 1.90. The number of nitrogens with zero attached hydrogens (tertiary/aromatic N) is 1. The summed E-state index contributed by atoms with van der Waals surface area (Å²) in [6, 6.07) is 6.19. The van der Waals surface area contributed by atoms with E-state index in [4.69, 9.17) is 4.74 Å². The van der Waals surface area contributed by atoms with Crippen LogP contribution in [0.2, 0.25) is 0 Å². The van der Waals surface area contributed by atoms with Crippen molar-refractivity contribution in [3.05, 3.63) is 40.6 Å². The Morgan fingerprint density at radius 3 is 2.75 bits per heavy atom. The maximum atomic E-state index is 11.9. The van der Waals surface area contributed by atoms with E-state index in [9.17, 15) is 4.79 Å². The predicted octanol–water partition coefficient (Wildman–Crippen LogP) is 3.79. The standard InChI is InChI=1S/C17H19NO2/c1-11-7-8-12(2)14(9-11)10-15-17(19)20-16(18-15)13-5-3-4-6-13/h7-10,13H,3-6H2,1-2H3/b15-10+. The van der Waals surface area contributed by atoms with Crippen LogP contribution >= 0.6 is 0 Å². The predicted molar refractivity (Wildman–Crippen MR) is 79.4 cm³/mol. The average Bonchev–Trinajstić information content (AvgIpc) is 3.04. The Hall–Kier alpha value is -1.90. The Bertz CT molecular complexity index is 607. The van der Waals surface area contributed by atoms with Crippen LogP contribution in [-0.4, -0.2) is 11.9 Å². The smallest absolute Gasteiger partial charge is 0.363 e. The number of hydrogen-bond donors (Lipinski definition) is 0. The third kappa shape index (κ3) is 2.53. The number of carbonyl (C=O) groups is 1. The van der Waals surface area contributed by atoms with Crippen molar-refractivity contribution < 1.29 is 9.53 Å². The lowest BCUT2D eigenvalue weighted by atomic mass is 10.0. The summed E-state index contributed by atoms with van der Waals surface area (Å²) in [5.74, 6) is 0.653. The van der Waals surface area contributed by atoms with Crippen molar-refractivity contribution in [1.29, 1.82) is 0 Å². The molecule has 1 saturated carbocycles. The van der Waals surface area contributed by atoms with Gasteiger partial charge in [-0.1, -0.05) is 36.6 Å². The molecule has 0 amide bonds. The number of ether oxygens (including phenoxy) is 1. The highest BCUT2D eigenvalue weighted by atomic mass is 16.6. The summed E-state index contributed by atoms with van der Waals surface area (Å²) in [5.41, 5.74) is 3.78. The van der Waals surface area contributed by atoms with E-state index >= 15 is 0 Å². The van der Waals surface area contributed by atoms with Crippen LogP contribution in [0.3, 0.4) is 0 Å². The second-order valence-electron chi connectivity index (χ2n) is 5.71. The number of hydrogen-bond acceptors (Lipinski definition) is 3. The minimum Gasteiger partial charge on any atom is -0.406 e. The first-order valence-corrected chi connectivity index (χ1v) is 7.23. The topological polar surface area (TPSA) is 38.7 Å². The van der Waals surface area contributed by atoms with Crippen molar-refractivity contribution in [2.24, 2.45) is 10.9 Å². The third-order valence-electron chi connectivity index (χ3n) is 4.07. The molecule has 0 spiro atoms. The van der Waals surface area contributed by atoms with Crippen molar-refractivity contribution in [3.63, 3.8) is 0 Å². The van der Waals surface area contributed by atoms with Crippen LogP contribution < -0.4 is 0 Å². The normalized spacial score (nSPS) is 21.4. The molecule has 0 aromatic heterocycles. The largest absolute Gasteiger partial charge is 0.406 e. The molecule has 0 atom stereocenters. The maximum Gasteiger partial charge on any atom is 0.363 e. The molecule has 0 radical (unpaired) electrons. The van der Waals surface area contributed by atoms with Crippen LogP contribution in [0, 0.1) is 19.8 Å². The fraction of sp³-hybridized carbons (Fsp3) is 0.412. The molecule has 3 heteroatoms. The van der Waals surface area contributed by atoms with Gasteiger partial charge in [-0.3, -0.25) is 0 Å². The summed E-state index contributed by atoms with van der Waals surface area (Å²) in [4.78, 5) is 16.4. The summed E-state index contributed by atoms with van der Waals surface area (Å²) in [6.45, 7) is 4.08. The minimum absolute atomic E-state index is 0.312. The van der Waals surface area contributed by atoms with Gasteiger partial charge in [0.25, 0.3) is 0 Å². The molecule has 0 saturated heterocycles. The minimum atomic E-state index is -0.312. The highest BCUT2D eigenvalue weighted by molar-refractivity contribution is 6.07. The molecule has 1 aliphatic carbocycles. The van der Waals surface area contributed by atoms with E-state index in [1.54, 1.807) is 0 Å². The summed E-state index contributed by atoms with van der Waals surface area (Å²) in [5, 5.41) is 0. The molecule has 1 aromatic rings. The van der Waals surface area contributed by atoms with E-state index in [0.717, 1.165) is 24.0 Å². The zero-order chi connectivity index (χ0) is 14.1. The number of aliphatic imine (C=N–C) groups is 1. The molecule has 0 unspecified atom stereocenters. The second kappa shape index (κ2) is 5.23. The molecule has 3 nitrogen and oxygen atoms in total. The first-order chi connectivity index (χ1) is 9.63. The highest BCUT2D eigenvalue weighted by Crippen LogP contribution is 2.30. The van der Waals surface area contributed by atoms with Crippen LogP contribution in [0.4, 0.5) is 0 Å². The van der Waals surface area contributed by atoms with Crippen LogP contribution in [0.1, 0.15) is 42.4 Å². The van der Waals surface area contributed by atoms with Crippen LogP contribution in [0.5, 0.6) is 0 Å². The van der Waals surface area contributed by atoms with E-state index in [1.165, 1.54) is 18.4 Å². The summed E-state index contributed by atoms with van der Waals surface area (Å²) >= 11 is 0. The zero-order valence-electron chi connectivity index (χ0n) is 12.0. The molecule has 1 heterocycles. The molecule has 104 valence electrons. The number of carbonyl (C=O) groups excluding carboxylic acids is 1. The first-order valence-electron chi connectivity index (χ1n) is 7.23. The molecule has 0 bridgehead atoms. The van der Waals surface area contributed by atoms with Crippen molar-refractivity contribution in [1.82, 2.24) is 0 Å². The molecule has 0 N–H and O–H groups in total. The van der Waals surface area contributed by atoms with Gasteiger partial charge in [0.1, 0.15) is 0 Å². The summed E-state index contributed by atoms with van der Waals surface area (Å²) in [6.07, 6.45) is 6.42. The van der Waals surface area contributed by atoms with Gasteiger partial charge in [-0.15, -0.1) is 0 Å². The lowest BCUT2D eigenvalue weighted by molar-refractivity contribution is -0.130. The van der Waals surface area contributed by atoms with Gasteiger partial charge in [0, 0.05) is 5.92 Å². The zero-order valence-corrected chi connectivity index (χ0v) is 12.0. The van der Waals surface area contributed by atoms with Gasteiger partial charge in [0.05, 0.1) is 0 Å². The molecule has 3 rings (SSSR count). The number of aryl methyl sites for hydroxylation is 2. The lowest BCUT2D eigenvalue weighted by Crippen LogP contribution is -2.12. The fourth-order valence-corrected chi connectivity index (χ4v) is 2.84. The Morgan fingerprint density at radius 2 is 2.00 bits per heavy atom. The summed E-state index contributed by atoms with van der Waals surface area (Å²) < 4.78 is 5.34. The molecular formula is C17H19NO2. The number of rotatable bonds is 2. The Morgan fingerprint density at radius 1 is 1.25 bits per heavy atom. The number of cyclic esters (lactones) is 1. The number of esters is 1. The van der Waals surface area contributed by atoms with Crippen LogP contribution in [0.15, 0.2) is 28.9 Å². The molecule has 1 fully saturated rings. The van der Waals surface area contributed by atoms with Crippen molar-refractivity contribution >= 4 is 17.9 Å². The quantitative estimate of drug-likeness (QED) is 0.605. The van der Waals surface area contributed by atoms with Gasteiger partial charge in [-0.05, 0) is 43.9 Å². The monoisotopic (exact) mass is 269 g/mol. The number of benzene rings is 1. The van der Waals surface area contributed by atoms with E-state index < -0.39 is 0 Å². The first kappa shape index (κ1) is 13.1. The van der Waals surface area contributed by atoms with Gasteiger partial charge < -0.3 is 4.74 Å². The van der Waals surface area contributed by atoms with Crippen molar-refractivity contribution in [3.8, 4) is 0 Å². The summed E-state index contributed by atoms with van der Waals surface area (Å²) in [7, 11) is 0. The Kier molecular flexibility index (Phi) is 3.43. The van der Waals surface area contributed by atoms with Gasteiger partial charge in [-0.25, -0.2) is 9.79 Å². The highest BCUT2D eigenvalue weighted by Gasteiger charge is 2.30. The van der Waals surface area contributed by atoms with E-state index in [1.807, 2.05) is 19.9 Å². The molecule has 2 aliphatic rings. The van der Waals surface area contributed by atoms with E-state index in [0.29, 0.717) is 17.5 Å². The van der Waals surface area contributed by atoms with Gasteiger partial charge >= 0.3 is 5.97 Å². The molecule has 20 heavy (non-hydrogen) atoms. The van der Waals surface area contributed by atoms with Crippen molar-refractivity contribution in [2.75, 3.05) is 0 Å². The second-order valence-corrected chi connectivity index (χ2v) is 5.71. The molecule has 1 aromatic carbocycles. The fourth-order valence-electron chi connectivity index (χ4n) is 2.84.